The van der Waals surface area contributed by atoms with E-state index in [1.807, 2.05) is 0 Å². The van der Waals surface area contributed by atoms with Crippen LogP contribution in [0.3, 0.4) is 0 Å². The number of carbonyl (C=O) groups is 1. The minimum atomic E-state index is -4.32. The van der Waals surface area contributed by atoms with Crippen molar-refractivity contribution in [2.24, 2.45) is 0 Å². The summed E-state index contributed by atoms with van der Waals surface area (Å²) in [6.45, 7) is 5.74. The molecule has 0 aliphatic heterocycles. The second-order valence-corrected chi connectivity index (χ2v) is 9.83. The molecule has 8 heteroatoms. The zero-order valence-electron chi connectivity index (χ0n) is 18.1. The molecule has 0 fully saturated rings. The Balaban J connectivity index is 3.11. The van der Waals surface area contributed by atoms with Gasteiger partial charge in [-0.15, -0.1) is 0 Å². The summed E-state index contributed by atoms with van der Waals surface area (Å²) in [6, 6.07) is 0. The highest BCUT2D eigenvalue weighted by Crippen LogP contribution is 2.41. The summed E-state index contributed by atoms with van der Waals surface area (Å²) in [4.78, 5) is 28.3. The van der Waals surface area contributed by atoms with Crippen molar-refractivity contribution >= 4 is 25.8 Å². The van der Waals surface area contributed by atoms with Crippen LogP contribution in [0.15, 0.2) is 12.2 Å². The van der Waals surface area contributed by atoms with Crippen LogP contribution in [-0.2, 0) is 18.1 Å². The van der Waals surface area contributed by atoms with Crippen molar-refractivity contribution < 1.29 is 27.9 Å². The number of ether oxygens (including phenoxy) is 1. The van der Waals surface area contributed by atoms with E-state index in [1.54, 1.807) is 6.92 Å². The predicted molar refractivity (Wildman–Crippen MR) is 121 cm³/mol. The zero-order chi connectivity index (χ0) is 21.8. The van der Waals surface area contributed by atoms with E-state index >= 15 is 0 Å². The van der Waals surface area contributed by atoms with Crippen LogP contribution in [-0.4, -0.2) is 28.1 Å². The molecule has 0 spiro atoms. The van der Waals surface area contributed by atoms with Crippen molar-refractivity contribution in [3.05, 3.63) is 12.2 Å². The lowest BCUT2D eigenvalue weighted by Crippen LogP contribution is -2.05. The predicted octanol–water partition coefficient (Wildman–Crippen LogP) is 6.71. The standard InChI is InChI=1S/C21H41O6PS/c1-20(2)21(22)26-18-16-14-12-10-8-6-4-3-5-7-9-11-13-15-17-19-29-27-28(23,24)25/h1,3-19H2,2H3,(H2,23,24,25). The first-order chi connectivity index (χ1) is 13.8. The summed E-state index contributed by atoms with van der Waals surface area (Å²) in [5.41, 5.74) is 0.466. The molecule has 172 valence electrons. The van der Waals surface area contributed by atoms with Gasteiger partial charge in [-0.2, -0.15) is 0 Å². The number of esters is 1. The van der Waals surface area contributed by atoms with Crippen molar-refractivity contribution in [3.8, 4) is 0 Å². The van der Waals surface area contributed by atoms with Crippen LogP contribution in [0.5, 0.6) is 0 Å². The highest BCUT2D eigenvalue weighted by molar-refractivity contribution is 7.97. The van der Waals surface area contributed by atoms with E-state index in [1.165, 1.54) is 70.6 Å². The summed E-state index contributed by atoms with van der Waals surface area (Å²) >= 11 is 0.866. The molecule has 0 radical (unpaired) electrons. The molecular formula is C21H41O6PS. The Morgan fingerprint density at radius 3 is 1.55 bits per heavy atom. The quantitative estimate of drug-likeness (QED) is 0.0657. The third kappa shape index (κ3) is 23.8. The molecular weight excluding hydrogens is 411 g/mol. The molecule has 0 aliphatic carbocycles. The van der Waals surface area contributed by atoms with Gasteiger partial charge in [0.15, 0.2) is 0 Å². The van der Waals surface area contributed by atoms with Gasteiger partial charge < -0.3 is 14.5 Å². The van der Waals surface area contributed by atoms with Crippen LogP contribution in [0.25, 0.3) is 0 Å². The van der Waals surface area contributed by atoms with E-state index < -0.39 is 7.82 Å². The van der Waals surface area contributed by atoms with Crippen LogP contribution in [0, 0.1) is 0 Å². The van der Waals surface area contributed by atoms with E-state index in [0.717, 1.165) is 37.7 Å². The highest BCUT2D eigenvalue weighted by Gasteiger charge is 2.13. The Morgan fingerprint density at radius 2 is 1.17 bits per heavy atom. The normalized spacial score (nSPS) is 11.6. The number of carbonyl (C=O) groups excluding carboxylic acids is 1. The molecule has 0 saturated carbocycles. The fourth-order valence-corrected chi connectivity index (χ4v) is 4.12. The van der Waals surface area contributed by atoms with Gasteiger partial charge in [0, 0.05) is 23.4 Å². The topological polar surface area (TPSA) is 93.1 Å². The smallest absolute Gasteiger partial charge is 0.462 e. The molecule has 0 unspecified atom stereocenters. The monoisotopic (exact) mass is 452 g/mol. The van der Waals surface area contributed by atoms with E-state index in [-0.39, 0.29) is 5.97 Å². The van der Waals surface area contributed by atoms with Gasteiger partial charge in [0.1, 0.15) is 0 Å². The molecule has 0 amide bonds. The molecule has 0 saturated heterocycles. The summed E-state index contributed by atoms with van der Waals surface area (Å²) in [6.07, 6.45) is 18.2. The van der Waals surface area contributed by atoms with Gasteiger partial charge in [0.2, 0.25) is 0 Å². The van der Waals surface area contributed by atoms with Crippen LogP contribution in [0.4, 0.5) is 0 Å². The summed E-state index contributed by atoms with van der Waals surface area (Å²) in [5.74, 6) is 0.350. The van der Waals surface area contributed by atoms with E-state index in [9.17, 15) is 9.36 Å². The van der Waals surface area contributed by atoms with E-state index in [2.05, 4.69) is 10.5 Å². The van der Waals surface area contributed by atoms with Crippen LogP contribution in [0.1, 0.15) is 103 Å². The summed E-state index contributed by atoms with van der Waals surface area (Å²) < 4.78 is 19.9. The lowest BCUT2D eigenvalue weighted by Gasteiger charge is -2.05. The molecule has 0 heterocycles. The molecule has 0 aromatic carbocycles. The minimum Gasteiger partial charge on any atom is -0.462 e. The molecule has 0 rings (SSSR count). The largest absolute Gasteiger partial charge is 0.480 e. The lowest BCUT2D eigenvalue weighted by molar-refractivity contribution is -0.139. The Bertz CT molecular complexity index is 466. The van der Waals surface area contributed by atoms with Gasteiger partial charge in [-0.1, -0.05) is 90.0 Å². The van der Waals surface area contributed by atoms with Crippen molar-refractivity contribution in [1.82, 2.24) is 0 Å². The van der Waals surface area contributed by atoms with Gasteiger partial charge in [-0.05, 0) is 19.8 Å². The molecule has 0 aliphatic rings. The zero-order valence-corrected chi connectivity index (χ0v) is 19.8. The van der Waals surface area contributed by atoms with Crippen molar-refractivity contribution in [1.29, 1.82) is 0 Å². The third-order valence-corrected chi connectivity index (χ3v) is 6.26. The summed E-state index contributed by atoms with van der Waals surface area (Å²) in [5, 5.41) is 0. The average molecular weight is 453 g/mol. The van der Waals surface area contributed by atoms with E-state index in [4.69, 9.17) is 14.5 Å². The number of rotatable bonds is 21. The molecule has 0 bridgehead atoms. The van der Waals surface area contributed by atoms with Crippen LogP contribution in [0.2, 0.25) is 0 Å². The summed E-state index contributed by atoms with van der Waals surface area (Å²) in [7, 11) is -4.32. The maximum atomic E-state index is 11.2. The van der Waals surface area contributed by atoms with Gasteiger partial charge in [0.25, 0.3) is 0 Å². The molecule has 0 aromatic heterocycles. The molecule has 2 N–H and O–H groups in total. The first-order valence-corrected chi connectivity index (χ1v) is 13.5. The van der Waals surface area contributed by atoms with Crippen molar-refractivity contribution in [3.63, 3.8) is 0 Å². The fourth-order valence-electron chi connectivity index (χ4n) is 2.96. The highest BCUT2D eigenvalue weighted by atomic mass is 32.2. The average Bonchev–Trinajstić information content (AvgIpc) is 2.65. The Kier molecular flexibility index (Phi) is 19.4. The number of hydrogen-bond donors (Lipinski definition) is 2. The van der Waals surface area contributed by atoms with Crippen molar-refractivity contribution in [2.45, 2.75) is 103 Å². The Labute approximate surface area is 181 Å². The second-order valence-electron chi connectivity index (χ2n) is 7.61. The Morgan fingerprint density at radius 1 is 0.793 bits per heavy atom. The van der Waals surface area contributed by atoms with E-state index in [0.29, 0.717) is 17.9 Å². The number of phosphoric acid groups is 1. The van der Waals surface area contributed by atoms with Crippen LogP contribution >= 0.6 is 19.9 Å². The van der Waals surface area contributed by atoms with Gasteiger partial charge in [-0.25, -0.2) is 13.3 Å². The molecule has 29 heavy (non-hydrogen) atoms. The first kappa shape index (κ1) is 28.7. The van der Waals surface area contributed by atoms with Crippen LogP contribution < -0.4 is 0 Å². The maximum absolute atomic E-state index is 11.2. The lowest BCUT2D eigenvalue weighted by atomic mass is 10.0. The van der Waals surface area contributed by atoms with Gasteiger partial charge in [0.05, 0.1) is 6.61 Å². The maximum Gasteiger partial charge on any atom is 0.480 e. The molecule has 6 nitrogen and oxygen atoms in total. The Hall–Kier alpha value is -0.330. The van der Waals surface area contributed by atoms with Crippen molar-refractivity contribution in [2.75, 3.05) is 12.4 Å². The molecule has 0 aromatic rings. The number of hydrogen-bond acceptors (Lipinski definition) is 5. The fraction of sp³-hybridized carbons (Fsp3) is 0.857. The SMILES string of the molecule is C=C(C)C(=O)OCCCCCCCCCCCCCCCCCSOP(=O)(O)O. The van der Waals surface area contributed by atoms with Gasteiger partial charge >= 0.3 is 13.8 Å². The number of unbranched alkanes of at least 4 members (excludes halogenated alkanes) is 14. The minimum absolute atomic E-state index is 0.282. The molecule has 0 atom stereocenters. The second kappa shape index (κ2) is 19.6. The van der Waals surface area contributed by atoms with Gasteiger partial charge in [-0.3, -0.25) is 0 Å². The third-order valence-electron chi connectivity index (χ3n) is 4.60. The first-order valence-electron chi connectivity index (χ1n) is 11.0.